The summed E-state index contributed by atoms with van der Waals surface area (Å²) in [4.78, 5) is 39.5. The molecule has 1 atom stereocenters. The first-order chi connectivity index (χ1) is 13.9. The zero-order valence-corrected chi connectivity index (χ0v) is 15.5. The van der Waals surface area contributed by atoms with Gasteiger partial charge in [-0.05, 0) is 30.3 Å². The minimum atomic E-state index is -0.952. The van der Waals surface area contributed by atoms with E-state index in [9.17, 15) is 19.7 Å². The zero-order chi connectivity index (χ0) is 20.5. The SMILES string of the molecule is O=C1CC(C(=O)Nc2cccc([N+](=O)[O-])c2)n2nc(-c3ccc(Cl)cc3)nc2N1. The molecule has 2 heterocycles. The second-order valence-electron chi connectivity index (χ2n) is 6.28. The van der Waals surface area contributed by atoms with Gasteiger partial charge in [0, 0.05) is 28.4 Å². The van der Waals surface area contributed by atoms with Crippen molar-refractivity contribution < 1.29 is 14.5 Å². The van der Waals surface area contributed by atoms with Gasteiger partial charge in [-0.25, -0.2) is 4.68 Å². The molecule has 146 valence electrons. The fourth-order valence-electron chi connectivity index (χ4n) is 2.91. The number of anilines is 2. The van der Waals surface area contributed by atoms with E-state index in [2.05, 4.69) is 20.7 Å². The summed E-state index contributed by atoms with van der Waals surface area (Å²) >= 11 is 5.89. The van der Waals surface area contributed by atoms with E-state index in [1.54, 1.807) is 24.3 Å². The van der Waals surface area contributed by atoms with Gasteiger partial charge >= 0.3 is 0 Å². The van der Waals surface area contributed by atoms with Crippen molar-refractivity contribution >= 4 is 40.7 Å². The van der Waals surface area contributed by atoms with E-state index < -0.39 is 16.9 Å². The Bertz CT molecular complexity index is 1130. The summed E-state index contributed by atoms with van der Waals surface area (Å²) in [6, 6.07) is 11.4. The van der Waals surface area contributed by atoms with Crippen LogP contribution in [0.3, 0.4) is 0 Å². The number of benzene rings is 2. The standard InChI is InChI=1S/C18H13ClN6O4/c19-11-6-4-10(5-7-11)16-22-18-21-15(26)9-14(24(18)23-16)17(27)20-12-2-1-3-13(8-12)25(28)29/h1-8,14H,9H2,(H,20,27)(H,21,22,23,26). The minimum absolute atomic E-state index is 0.142. The molecule has 2 N–H and O–H groups in total. The summed E-state index contributed by atoms with van der Waals surface area (Å²) in [5.74, 6) is -0.446. The molecule has 0 aliphatic carbocycles. The maximum absolute atomic E-state index is 12.8. The number of fused-ring (bicyclic) bond motifs is 1. The van der Waals surface area contributed by atoms with Crippen LogP contribution in [0.25, 0.3) is 11.4 Å². The van der Waals surface area contributed by atoms with Crippen LogP contribution in [0.5, 0.6) is 0 Å². The number of nitrogens with zero attached hydrogens (tertiary/aromatic N) is 4. The summed E-state index contributed by atoms with van der Waals surface area (Å²) in [6.07, 6.45) is -0.142. The molecular weight excluding hydrogens is 400 g/mol. The first-order valence-electron chi connectivity index (χ1n) is 8.48. The number of hydrogen-bond donors (Lipinski definition) is 2. The number of aromatic nitrogens is 3. The summed E-state index contributed by atoms with van der Waals surface area (Å²) in [5, 5.41) is 21.0. The fourth-order valence-corrected chi connectivity index (χ4v) is 3.04. The van der Waals surface area contributed by atoms with Gasteiger partial charge in [-0.15, -0.1) is 5.10 Å². The number of nitro groups is 1. The van der Waals surface area contributed by atoms with E-state index >= 15 is 0 Å². The highest BCUT2D eigenvalue weighted by atomic mass is 35.5. The summed E-state index contributed by atoms with van der Waals surface area (Å²) in [6.45, 7) is 0. The molecule has 2 amide bonds. The Morgan fingerprint density at radius 2 is 2.03 bits per heavy atom. The maximum atomic E-state index is 12.8. The van der Waals surface area contributed by atoms with Crippen molar-refractivity contribution in [2.45, 2.75) is 12.5 Å². The monoisotopic (exact) mass is 412 g/mol. The molecule has 2 aromatic carbocycles. The molecule has 3 aromatic rings. The number of hydrogen-bond acceptors (Lipinski definition) is 6. The molecule has 1 unspecified atom stereocenters. The predicted molar refractivity (Wildman–Crippen MR) is 104 cm³/mol. The van der Waals surface area contributed by atoms with Crippen LogP contribution in [0.1, 0.15) is 12.5 Å². The van der Waals surface area contributed by atoms with Crippen molar-refractivity contribution in [3.8, 4) is 11.4 Å². The number of nitrogens with one attached hydrogen (secondary N) is 2. The number of carbonyl (C=O) groups is 2. The van der Waals surface area contributed by atoms with E-state index in [4.69, 9.17) is 11.6 Å². The Morgan fingerprint density at radius 1 is 1.28 bits per heavy atom. The Morgan fingerprint density at radius 3 is 2.76 bits per heavy atom. The lowest BCUT2D eigenvalue weighted by Gasteiger charge is -2.22. The second kappa shape index (κ2) is 7.32. The molecule has 1 aliphatic rings. The third-order valence-corrected chi connectivity index (χ3v) is 4.54. The van der Waals surface area contributed by atoms with Crippen LogP contribution in [0.4, 0.5) is 17.3 Å². The Labute approximate surface area is 168 Å². The molecular formula is C18H13ClN6O4. The van der Waals surface area contributed by atoms with Crippen LogP contribution in [0.2, 0.25) is 5.02 Å². The Hall–Kier alpha value is -3.79. The van der Waals surface area contributed by atoms with E-state index in [0.29, 0.717) is 16.4 Å². The van der Waals surface area contributed by atoms with E-state index in [1.165, 1.54) is 28.9 Å². The normalized spacial score (nSPS) is 15.3. The van der Waals surface area contributed by atoms with Crippen molar-refractivity contribution in [1.29, 1.82) is 0 Å². The lowest BCUT2D eigenvalue weighted by Crippen LogP contribution is -2.36. The molecule has 0 radical (unpaired) electrons. The van der Waals surface area contributed by atoms with Crippen LogP contribution < -0.4 is 10.6 Å². The molecule has 0 spiro atoms. The summed E-state index contributed by atoms with van der Waals surface area (Å²) in [7, 11) is 0. The second-order valence-corrected chi connectivity index (χ2v) is 6.71. The number of rotatable bonds is 4. The van der Waals surface area contributed by atoms with Gasteiger partial charge in [0.25, 0.3) is 5.69 Å². The van der Waals surface area contributed by atoms with Crippen LogP contribution in [-0.4, -0.2) is 31.5 Å². The number of non-ortho nitro benzene ring substituents is 1. The van der Waals surface area contributed by atoms with Crippen LogP contribution in [-0.2, 0) is 9.59 Å². The number of amides is 2. The van der Waals surface area contributed by atoms with Crippen molar-refractivity contribution in [3.63, 3.8) is 0 Å². The largest absolute Gasteiger partial charge is 0.324 e. The average Bonchev–Trinajstić information content (AvgIpc) is 3.11. The number of halogens is 1. The van der Waals surface area contributed by atoms with Crippen molar-refractivity contribution in [1.82, 2.24) is 14.8 Å². The van der Waals surface area contributed by atoms with Gasteiger partial charge in [-0.3, -0.25) is 25.0 Å². The average molecular weight is 413 g/mol. The molecule has 0 fully saturated rings. The first-order valence-corrected chi connectivity index (χ1v) is 8.86. The van der Waals surface area contributed by atoms with Gasteiger partial charge in [0.05, 0.1) is 11.3 Å². The minimum Gasteiger partial charge on any atom is -0.324 e. The topological polar surface area (TPSA) is 132 Å². The number of nitro benzene ring substituents is 1. The first kappa shape index (κ1) is 18.6. The molecule has 1 aliphatic heterocycles. The smallest absolute Gasteiger partial charge is 0.271 e. The van der Waals surface area contributed by atoms with Crippen LogP contribution in [0.15, 0.2) is 48.5 Å². The summed E-state index contributed by atoms with van der Waals surface area (Å²) < 4.78 is 1.33. The van der Waals surface area contributed by atoms with Crippen molar-refractivity contribution in [2.75, 3.05) is 10.6 Å². The zero-order valence-electron chi connectivity index (χ0n) is 14.7. The van der Waals surface area contributed by atoms with E-state index in [0.717, 1.165) is 0 Å². The maximum Gasteiger partial charge on any atom is 0.271 e. The van der Waals surface area contributed by atoms with E-state index in [-0.39, 0.29) is 29.7 Å². The molecule has 4 rings (SSSR count). The third kappa shape index (κ3) is 3.78. The highest BCUT2D eigenvalue weighted by Crippen LogP contribution is 2.28. The van der Waals surface area contributed by atoms with Gasteiger partial charge in [-0.1, -0.05) is 17.7 Å². The molecule has 29 heavy (non-hydrogen) atoms. The van der Waals surface area contributed by atoms with E-state index in [1.807, 2.05) is 0 Å². The van der Waals surface area contributed by atoms with Gasteiger partial charge in [-0.2, -0.15) is 4.98 Å². The highest BCUT2D eigenvalue weighted by Gasteiger charge is 2.33. The fraction of sp³-hybridized carbons (Fsp3) is 0.111. The molecule has 1 aromatic heterocycles. The van der Waals surface area contributed by atoms with Gasteiger partial charge in [0.2, 0.25) is 17.8 Å². The molecule has 0 bridgehead atoms. The van der Waals surface area contributed by atoms with Gasteiger partial charge in [0.15, 0.2) is 5.82 Å². The Balaban J connectivity index is 1.63. The quantitative estimate of drug-likeness (QED) is 0.500. The van der Waals surface area contributed by atoms with Crippen LogP contribution in [0, 0.1) is 10.1 Å². The molecule has 0 saturated carbocycles. The van der Waals surface area contributed by atoms with Crippen molar-refractivity contribution in [3.05, 3.63) is 63.7 Å². The van der Waals surface area contributed by atoms with Crippen molar-refractivity contribution in [2.24, 2.45) is 0 Å². The van der Waals surface area contributed by atoms with Crippen LogP contribution >= 0.6 is 11.6 Å². The number of carbonyl (C=O) groups excluding carboxylic acids is 2. The third-order valence-electron chi connectivity index (χ3n) is 4.29. The lowest BCUT2D eigenvalue weighted by atomic mass is 10.1. The van der Waals surface area contributed by atoms with Gasteiger partial charge < -0.3 is 5.32 Å². The Kier molecular flexibility index (Phi) is 4.69. The summed E-state index contributed by atoms with van der Waals surface area (Å²) in [5.41, 5.74) is 0.758. The highest BCUT2D eigenvalue weighted by molar-refractivity contribution is 6.30. The molecule has 0 saturated heterocycles. The predicted octanol–water partition coefficient (Wildman–Crippen LogP) is 3.03. The molecule has 11 heteroatoms. The lowest BCUT2D eigenvalue weighted by molar-refractivity contribution is -0.384. The van der Waals surface area contributed by atoms with Gasteiger partial charge in [0.1, 0.15) is 6.04 Å². The molecule has 10 nitrogen and oxygen atoms in total.